The molecule has 5 nitrogen and oxygen atoms in total. The lowest BCUT2D eigenvalue weighted by Gasteiger charge is -2.19. The Hall–Kier alpha value is -1.95. The molecule has 6 heteroatoms. The van der Waals surface area contributed by atoms with Gasteiger partial charge in [-0.15, -0.1) is 5.10 Å². The fraction of sp³-hybridized carbons (Fsp3) is 0.467. The summed E-state index contributed by atoms with van der Waals surface area (Å²) in [6.45, 7) is 2.13. The number of anilines is 1. The number of hydrogen-bond acceptors (Lipinski definition) is 4. The smallest absolute Gasteiger partial charge is 0.146 e. The van der Waals surface area contributed by atoms with E-state index in [1.807, 2.05) is 24.2 Å². The third-order valence-electron chi connectivity index (χ3n) is 3.66. The summed E-state index contributed by atoms with van der Waals surface area (Å²) in [5.41, 5.74) is 1.56. The summed E-state index contributed by atoms with van der Waals surface area (Å²) < 4.78 is 15.5. The van der Waals surface area contributed by atoms with E-state index in [1.165, 1.54) is 18.9 Å². The Balaban J connectivity index is 1.51. The Morgan fingerprint density at radius 1 is 1.38 bits per heavy atom. The van der Waals surface area contributed by atoms with Crippen LogP contribution in [-0.4, -0.2) is 34.6 Å². The van der Waals surface area contributed by atoms with Crippen molar-refractivity contribution >= 4 is 5.69 Å². The van der Waals surface area contributed by atoms with Gasteiger partial charge in [0, 0.05) is 32.4 Å². The van der Waals surface area contributed by atoms with E-state index in [2.05, 4.69) is 15.6 Å². The molecule has 112 valence electrons. The van der Waals surface area contributed by atoms with Crippen molar-refractivity contribution in [3.8, 4) is 0 Å². The first kappa shape index (κ1) is 14.0. The largest absolute Gasteiger partial charge is 0.370 e. The van der Waals surface area contributed by atoms with Crippen LogP contribution in [0.5, 0.6) is 0 Å². The van der Waals surface area contributed by atoms with E-state index in [0.717, 1.165) is 12.2 Å². The second-order valence-electron chi connectivity index (χ2n) is 5.50. The molecule has 21 heavy (non-hydrogen) atoms. The lowest BCUT2D eigenvalue weighted by atomic mass is 10.3. The summed E-state index contributed by atoms with van der Waals surface area (Å²) in [5.74, 6) is -0.201. The lowest BCUT2D eigenvalue weighted by molar-refractivity contribution is 0.576. The van der Waals surface area contributed by atoms with Gasteiger partial charge in [0.15, 0.2) is 0 Å². The molecule has 1 N–H and O–H groups in total. The van der Waals surface area contributed by atoms with Gasteiger partial charge in [-0.25, -0.2) is 4.39 Å². The van der Waals surface area contributed by atoms with Gasteiger partial charge in [-0.2, -0.15) is 0 Å². The van der Waals surface area contributed by atoms with E-state index in [1.54, 1.807) is 16.8 Å². The van der Waals surface area contributed by atoms with Gasteiger partial charge in [0.25, 0.3) is 0 Å². The Kier molecular flexibility index (Phi) is 4.15. The molecule has 0 bridgehead atoms. The minimum Gasteiger partial charge on any atom is -0.370 e. The quantitative estimate of drug-likeness (QED) is 0.844. The number of benzene rings is 1. The van der Waals surface area contributed by atoms with Crippen LogP contribution in [0.3, 0.4) is 0 Å². The van der Waals surface area contributed by atoms with E-state index in [0.29, 0.717) is 24.8 Å². The molecule has 0 amide bonds. The summed E-state index contributed by atoms with van der Waals surface area (Å²) in [5, 5.41) is 11.7. The summed E-state index contributed by atoms with van der Waals surface area (Å²) in [6, 6.07) is 7.46. The number of aromatic nitrogens is 3. The molecule has 1 heterocycles. The predicted octanol–water partition coefficient (Wildman–Crippen LogP) is 1.81. The van der Waals surface area contributed by atoms with E-state index >= 15 is 0 Å². The number of halogens is 1. The monoisotopic (exact) mass is 289 g/mol. The van der Waals surface area contributed by atoms with E-state index < -0.39 is 0 Å². The topological polar surface area (TPSA) is 46.0 Å². The van der Waals surface area contributed by atoms with Crippen molar-refractivity contribution < 1.29 is 4.39 Å². The standard InChI is InChI=1S/C15H20FN5/c1-20(15-5-3-2-4-14(15)16)8-9-21-11-13(18-19-21)10-17-12-6-7-12/h2-5,11-12,17H,6-10H2,1H3. The van der Waals surface area contributed by atoms with Gasteiger partial charge in [0.1, 0.15) is 5.82 Å². The van der Waals surface area contributed by atoms with Gasteiger partial charge in [0.05, 0.1) is 17.9 Å². The van der Waals surface area contributed by atoms with Gasteiger partial charge in [-0.1, -0.05) is 17.3 Å². The van der Waals surface area contributed by atoms with Crippen molar-refractivity contribution in [2.24, 2.45) is 0 Å². The van der Waals surface area contributed by atoms with Crippen LogP contribution in [-0.2, 0) is 13.1 Å². The van der Waals surface area contributed by atoms with Crippen molar-refractivity contribution in [2.45, 2.75) is 32.0 Å². The first-order chi connectivity index (χ1) is 10.2. The van der Waals surface area contributed by atoms with Crippen LogP contribution in [0.4, 0.5) is 10.1 Å². The maximum atomic E-state index is 13.7. The zero-order chi connectivity index (χ0) is 14.7. The number of nitrogens with one attached hydrogen (secondary N) is 1. The zero-order valence-electron chi connectivity index (χ0n) is 12.2. The SMILES string of the molecule is CN(CCn1cc(CNC2CC2)nn1)c1ccccc1F. The highest BCUT2D eigenvalue weighted by Crippen LogP contribution is 2.19. The Labute approximate surface area is 123 Å². The van der Waals surface area contributed by atoms with Crippen LogP contribution in [0, 0.1) is 5.82 Å². The molecule has 0 atom stereocenters. The summed E-state index contributed by atoms with van der Waals surface area (Å²) in [4.78, 5) is 1.89. The Morgan fingerprint density at radius 3 is 2.95 bits per heavy atom. The molecule has 1 fully saturated rings. The molecule has 2 aromatic rings. The summed E-state index contributed by atoms with van der Waals surface area (Å²) >= 11 is 0. The number of rotatable bonds is 7. The van der Waals surface area contributed by atoms with Gasteiger partial charge < -0.3 is 10.2 Å². The molecule has 0 unspecified atom stereocenters. The molecule has 0 spiro atoms. The molecule has 0 saturated heterocycles. The van der Waals surface area contributed by atoms with Crippen molar-refractivity contribution in [1.82, 2.24) is 20.3 Å². The van der Waals surface area contributed by atoms with Gasteiger partial charge >= 0.3 is 0 Å². The highest BCUT2D eigenvalue weighted by Gasteiger charge is 2.20. The minimum absolute atomic E-state index is 0.201. The van der Waals surface area contributed by atoms with Crippen LogP contribution < -0.4 is 10.2 Å². The molecule has 1 aliphatic carbocycles. The van der Waals surface area contributed by atoms with Crippen LogP contribution in [0.2, 0.25) is 0 Å². The summed E-state index contributed by atoms with van der Waals surface area (Å²) in [7, 11) is 1.88. The molecular weight excluding hydrogens is 269 g/mol. The maximum absolute atomic E-state index is 13.7. The Bertz CT molecular complexity index is 593. The number of likely N-dealkylation sites (N-methyl/N-ethyl adjacent to an activating group) is 1. The first-order valence-corrected chi connectivity index (χ1v) is 7.30. The zero-order valence-corrected chi connectivity index (χ0v) is 12.2. The summed E-state index contributed by atoms with van der Waals surface area (Å²) in [6.07, 6.45) is 4.48. The van der Waals surface area contributed by atoms with Crippen molar-refractivity contribution in [2.75, 3.05) is 18.5 Å². The molecule has 0 aliphatic heterocycles. The third kappa shape index (κ3) is 3.78. The van der Waals surface area contributed by atoms with Crippen LogP contribution in [0.15, 0.2) is 30.5 Å². The van der Waals surface area contributed by atoms with Crippen LogP contribution >= 0.6 is 0 Å². The molecular formula is C15H20FN5. The normalized spacial score (nSPS) is 14.4. The van der Waals surface area contributed by atoms with Crippen molar-refractivity contribution in [1.29, 1.82) is 0 Å². The Morgan fingerprint density at radius 2 is 2.19 bits per heavy atom. The number of nitrogens with zero attached hydrogens (tertiary/aromatic N) is 4. The number of hydrogen-bond donors (Lipinski definition) is 1. The van der Waals surface area contributed by atoms with Gasteiger partial charge in [-0.05, 0) is 25.0 Å². The fourth-order valence-electron chi connectivity index (χ4n) is 2.20. The predicted molar refractivity (Wildman–Crippen MR) is 79.6 cm³/mol. The molecule has 1 aliphatic rings. The molecule has 1 saturated carbocycles. The van der Waals surface area contributed by atoms with Gasteiger partial charge in [0.2, 0.25) is 0 Å². The minimum atomic E-state index is -0.201. The van der Waals surface area contributed by atoms with Crippen LogP contribution in [0.25, 0.3) is 0 Å². The van der Waals surface area contributed by atoms with E-state index in [9.17, 15) is 4.39 Å². The highest BCUT2D eigenvalue weighted by molar-refractivity contribution is 5.46. The molecule has 3 rings (SSSR count). The average molecular weight is 289 g/mol. The van der Waals surface area contributed by atoms with Gasteiger partial charge in [-0.3, -0.25) is 4.68 Å². The lowest BCUT2D eigenvalue weighted by Crippen LogP contribution is -2.23. The second kappa shape index (κ2) is 6.22. The first-order valence-electron chi connectivity index (χ1n) is 7.30. The molecule has 0 radical (unpaired) electrons. The molecule has 1 aromatic carbocycles. The van der Waals surface area contributed by atoms with E-state index in [-0.39, 0.29) is 5.82 Å². The molecule has 1 aromatic heterocycles. The van der Waals surface area contributed by atoms with Crippen molar-refractivity contribution in [3.63, 3.8) is 0 Å². The average Bonchev–Trinajstić information content (AvgIpc) is 3.21. The highest BCUT2D eigenvalue weighted by atomic mass is 19.1. The van der Waals surface area contributed by atoms with E-state index in [4.69, 9.17) is 0 Å². The maximum Gasteiger partial charge on any atom is 0.146 e. The fourth-order valence-corrected chi connectivity index (χ4v) is 2.20. The third-order valence-corrected chi connectivity index (χ3v) is 3.66. The van der Waals surface area contributed by atoms with Crippen molar-refractivity contribution in [3.05, 3.63) is 42.0 Å². The second-order valence-corrected chi connectivity index (χ2v) is 5.50. The number of para-hydroxylation sites is 1. The van der Waals surface area contributed by atoms with Crippen LogP contribution in [0.1, 0.15) is 18.5 Å².